The maximum atomic E-state index is 6.87. The highest BCUT2D eigenvalue weighted by molar-refractivity contribution is 7.81. The molecule has 3 aromatic rings. The Morgan fingerprint density at radius 2 is 0.878 bits per heavy atom. The molecule has 0 N–H and O–H groups in total. The number of unbranched alkanes of at least 4 members (excludes halogenated alkanes) is 13. The second-order valence-corrected chi connectivity index (χ2v) is 12.1. The van der Waals surface area contributed by atoms with E-state index in [4.69, 9.17) is 22.1 Å². The van der Waals surface area contributed by atoms with E-state index in [1.54, 1.807) is 0 Å². The SMILES string of the molecule is CCCCCCCCCCCCCCCCOC[C@@H](S)COC(c1ccccc1)(c1ccccc1)c1ccccc1. The van der Waals surface area contributed by atoms with Gasteiger partial charge in [-0.25, -0.2) is 0 Å². The largest absolute Gasteiger partial charge is 0.380 e. The first-order chi connectivity index (χ1) is 20.3. The van der Waals surface area contributed by atoms with Crippen LogP contribution in [0, 0.1) is 0 Å². The summed E-state index contributed by atoms with van der Waals surface area (Å²) in [6.45, 7) is 4.17. The number of benzene rings is 3. The topological polar surface area (TPSA) is 18.5 Å². The van der Waals surface area contributed by atoms with Crippen LogP contribution in [-0.4, -0.2) is 25.1 Å². The van der Waals surface area contributed by atoms with E-state index in [0.29, 0.717) is 13.2 Å². The fraction of sp³-hybridized carbons (Fsp3) is 0.526. The Morgan fingerprint density at radius 1 is 0.512 bits per heavy atom. The van der Waals surface area contributed by atoms with Gasteiger partial charge in [0.1, 0.15) is 5.60 Å². The molecule has 3 heteroatoms. The summed E-state index contributed by atoms with van der Waals surface area (Å²) in [5, 5.41) is -0.00263. The van der Waals surface area contributed by atoms with E-state index < -0.39 is 5.60 Å². The summed E-state index contributed by atoms with van der Waals surface area (Å²) in [5.41, 5.74) is 2.63. The zero-order valence-corrected chi connectivity index (χ0v) is 26.4. The van der Waals surface area contributed by atoms with E-state index in [2.05, 4.69) is 97.9 Å². The van der Waals surface area contributed by atoms with E-state index in [1.165, 1.54) is 83.5 Å². The molecule has 0 saturated heterocycles. The molecule has 0 heterocycles. The standard InChI is InChI=1S/C38H54O2S/c1-2-3-4-5-6-7-8-9-10-11-12-13-14-24-31-39-32-37(41)33-40-38(34-25-18-15-19-26-34,35-27-20-16-21-28-35)36-29-22-17-23-30-36/h15-23,25-30,37,41H,2-14,24,31-33H2,1H3/t37-/m1/s1. The monoisotopic (exact) mass is 574 g/mol. The van der Waals surface area contributed by atoms with Crippen molar-refractivity contribution in [2.75, 3.05) is 19.8 Å². The Labute approximate surface area is 256 Å². The van der Waals surface area contributed by atoms with Gasteiger partial charge in [0.05, 0.1) is 13.2 Å². The van der Waals surface area contributed by atoms with E-state index >= 15 is 0 Å². The Hall–Kier alpha value is -2.07. The molecule has 2 nitrogen and oxygen atoms in total. The van der Waals surface area contributed by atoms with Gasteiger partial charge in [-0.2, -0.15) is 12.6 Å². The lowest BCUT2D eigenvalue weighted by Gasteiger charge is -2.36. The highest BCUT2D eigenvalue weighted by atomic mass is 32.1. The molecule has 224 valence electrons. The van der Waals surface area contributed by atoms with Gasteiger partial charge in [-0.1, -0.05) is 181 Å². The van der Waals surface area contributed by atoms with Crippen molar-refractivity contribution in [1.29, 1.82) is 0 Å². The summed E-state index contributed by atoms with van der Waals surface area (Å²) in [6.07, 6.45) is 19.2. The van der Waals surface area contributed by atoms with E-state index in [1.807, 2.05) is 0 Å². The molecule has 0 aliphatic carbocycles. The van der Waals surface area contributed by atoms with Crippen molar-refractivity contribution < 1.29 is 9.47 Å². The van der Waals surface area contributed by atoms with Crippen LogP contribution in [0.5, 0.6) is 0 Å². The molecule has 0 amide bonds. The highest BCUT2D eigenvalue weighted by Crippen LogP contribution is 2.40. The zero-order chi connectivity index (χ0) is 28.9. The molecule has 0 bridgehead atoms. The van der Waals surface area contributed by atoms with Crippen LogP contribution < -0.4 is 0 Å². The number of ether oxygens (including phenoxy) is 2. The molecule has 0 spiro atoms. The molecule has 0 radical (unpaired) electrons. The van der Waals surface area contributed by atoms with Gasteiger partial charge in [0, 0.05) is 11.9 Å². The van der Waals surface area contributed by atoms with Crippen LogP contribution in [-0.2, 0) is 15.1 Å². The first-order valence-electron chi connectivity index (χ1n) is 16.3. The molecule has 0 saturated carbocycles. The molecule has 0 fully saturated rings. The second-order valence-electron chi connectivity index (χ2n) is 11.4. The Bertz CT molecular complexity index is 912. The van der Waals surface area contributed by atoms with E-state index in [0.717, 1.165) is 29.7 Å². The van der Waals surface area contributed by atoms with Gasteiger partial charge in [-0.05, 0) is 23.1 Å². The van der Waals surface area contributed by atoms with Gasteiger partial charge in [0.25, 0.3) is 0 Å². The van der Waals surface area contributed by atoms with E-state index in [9.17, 15) is 0 Å². The smallest absolute Gasteiger partial charge is 0.143 e. The molecular formula is C38H54O2S. The first kappa shape index (κ1) is 33.4. The number of thiol groups is 1. The van der Waals surface area contributed by atoms with Crippen molar-refractivity contribution >= 4 is 12.6 Å². The molecular weight excluding hydrogens is 520 g/mol. The summed E-state index contributed by atoms with van der Waals surface area (Å²) in [6, 6.07) is 31.6. The molecule has 0 aromatic heterocycles. The first-order valence-corrected chi connectivity index (χ1v) is 16.9. The van der Waals surface area contributed by atoms with Gasteiger partial charge in [-0.15, -0.1) is 0 Å². The lowest BCUT2D eigenvalue weighted by atomic mass is 9.80. The van der Waals surface area contributed by atoms with Crippen LogP contribution in [0.4, 0.5) is 0 Å². The van der Waals surface area contributed by atoms with Crippen molar-refractivity contribution in [2.24, 2.45) is 0 Å². The van der Waals surface area contributed by atoms with Crippen LogP contribution in [0.25, 0.3) is 0 Å². The third-order valence-electron chi connectivity index (χ3n) is 7.99. The quantitative estimate of drug-likeness (QED) is 0.0690. The predicted molar refractivity (Wildman–Crippen MR) is 179 cm³/mol. The highest BCUT2D eigenvalue weighted by Gasteiger charge is 2.37. The van der Waals surface area contributed by atoms with Crippen LogP contribution in [0.3, 0.4) is 0 Å². The Morgan fingerprint density at radius 3 is 1.27 bits per heavy atom. The lowest BCUT2D eigenvalue weighted by Crippen LogP contribution is -2.35. The third-order valence-corrected chi connectivity index (χ3v) is 8.28. The predicted octanol–water partition coefficient (Wildman–Crippen LogP) is 10.8. The minimum Gasteiger partial charge on any atom is -0.380 e. The third kappa shape index (κ3) is 12.0. The molecule has 0 aliphatic rings. The molecule has 3 rings (SSSR count). The fourth-order valence-electron chi connectivity index (χ4n) is 5.66. The average Bonchev–Trinajstić information content (AvgIpc) is 3.03. The Kier molecular flexibility index (Phi) is 16.9. The van der Waals surface area contributed by atoms with Gasteiger partial charge in [0.15, 0.2) is 0 Å². The normalized spacial score (nSPS) is 12.4. The van der Waals surface area contributed by atoms with Crippen molar-refractivity contribution in [2.45, 2.75) is 108 Å². The second kappa shape index (κ2) is 20.8. The number of hydrogen-bond donors (Lipinski definition) is 1. The maximum absolute atomic E-state index is 6.87. The summed E-state index contributed by atoms with van der Waals surface area (Å²) in [4.78, 5) is 0. The van der Waals surface area contributed by atoms with Gasteiger partial charge in [0.2, 0.25) is 0 Å². The van der Waals surface area contributed by atoms with Crippen molar-refractivity contribution in [3.8, 4) is 0 Å². The van der Waals surface area contributed by atoms with Crippen LogP contribution >= 0.6 is 12.6 Å². The van der Waals surface area contributed by atoms with Crippen molar-refractivity contribution in [3.05, 3.63) is 108 Å². The minimum absolute atomic E-state index is 0.00263. The van der Waals surface area contributed by atoms with Crippen molar-refractivity contribution in [3.63, 3.8) is 0 Å². The van der Waals surface area contributed by atoms with Gasteiger partial charge in [-0.3, -0.25) is 0 Å². The minimum atomic E-state index is -0.709. The Balaban J connectivity index is 1.36. The fourth-order valence-corrected chi connectivity index (χ4v) is 5.84. The molecule has 0 aliphatic heterocycles. The summed E-state index contributed by atoms with van der Waals surface area (Å²) >= 11 is 4.86. The lowest BCUT2D eigenvalue weighted by molar-refractivity contribution is 0.00271. The number of rotatable bonds is 23. The van der Waals surface area contributed by atoms with Crippen LogP contribution in [0.1, 0.15) is 114 Å². The molecule has 41 heavy (non-hydrogen) atoms. The van der Waals surface area contributed by atoms with Crippen molar-refractivity contribution in [1.82, 2.24) is 0 Å². The van der Waals surface area contributed by atoms with Gasteiger partial charge < -0.3 is 9.47 Å². The number of hydrogen-bond acceptors (Lipinski definition) is 3. The molecule has 0 unspecified atom stereocenters. The van der Waals surface area contributed by atoms with Gasteiger partial charge >= 0.3 is 0 Å². The van der Waals surface area contributed by atoms with Crippen LogP contribution in [0.15, 0.2) is 91.0 Å². The molecule has 1 atom stereocenters. The van der Waals surface area contributed by atoms with Crippen LogP contribution in [0.2, 0.25) is 0 Å². The summed E-state index contributed by atoms with van der Waals surface area (Å²) in [7, 11) is 0. The summed E-state index contributed by atoms with van der Waals surface area (Å²) in [5.74, 6) is 0. The zero-order valence-electron chi connectivity index (χ0n) is 25.5. The maximum Gasteiger partial charge on any atom is 0.143 e. The van der Waals surface area contributed by atoms with E-state index in [-0.39, 0.29) is 5.25 Å². The molecule has 3 aromatic carbocycles. The summed E-state index contributed by atoms with van der Waals surface area (Å²) < 4.78 is 12.9. The average molecular weight is 575 g/mol.